The van der Waals surface area contributed by atoms with E-state index in [9.17, 15) is 34.2 Å². The van der Waals surface area contributed by atoms with Crippen LogP contribution in [0.5, 0.6) is 0 Å². The van der Waals surface area contributed by atoms with Gasteiger partial charge in [0.2, 0.25) is 17.7 Å². The van der Waals surface area contributed by atoms with E-state index >= 15 is 0 Å². The number of carbonyl (C=O) groups excluding carboxylic acids is 3. The SMILES string of the molecule is CCC(C)C(N)C(=O)NC(CC(=O)O)C(=O)NC(CO)C(=O)NC(CCCN=C(N)N)C(=O)O. The van der Waals surface area contributed by atoms with E-state index in [2.05, 4.69) is 20.9 Å². The van der Waals surface area contributed by atoms with Crippen LogP contribution in [0.3, 0.4) is 0 Å². The van der Waals surface area contributed by atoms with Crippen molar-refractivity contribution in [2.45, 2.75) is 63.7 Å². The van der Waals surface area contributed by atoms with Gasteiger partial charge in [0, 0.05) is 6.54 Å². The van der Waals surface area contributed by atoms with Crippen molar-refractivity contribution in [3.8, 4) is 0 Å². The van der Waals surface area contributed by atoms with Crippen LogP contribution in [0.25, 0.3) is 0 Å². The standard InChI is InChI=1S/C19H35N7O8/c1-3-9(2)14(20)17(32)25-11(7-13(28)29)15(30)26-12(8-27)16(31)24-10(18(33)34)5-4-6-23-19(21)22/h9-12,14,27H,3-8,20H2,1-2H3,(H,24,31)(H,25,32)(H,26,30)(H,28,29)(H,33,34)(H4,21,22,23). The Morgan fingerprint density at radius 2 is 1.44 bits per heavy atom. The van der Waals surface area contributed by atoms with E-state index in [-0.39, 0.29) is 31.3 Å². The smallest absolute Gasteiger partial charge is 0.326 e. The summed E-state index contributed by atoms with van der Waals surface area (Å²) in [6, 6.07) is -5.56. The van der Waals surface area contributed by atoms with Crippen LogP contribution in [0, 0.1) is 5.92 Å². The molecule has 5 unspecified atom stereocenters. The summed E-state index contributed by atoms with van der Waals surface area (Å²) in [4.78, 5) is 63.6. The van der Waals surface area contributed by atoms with Crippen molar-refractivity contribution in [2.75, 3.05) is 13.2 Å². The number of aliphatic hydroxyl groups excluding tert-OH is 1. The van der Waals surface area contributed by atoms with Crippen molar-refractivity contribution >= 4 is 35.6 Å². The molecule has 0 bridgehead atoms. The average molecular weight is 490 g/mol. The fourth-order valence-electron chi connectivity index (χ4n) is 2.66. The maximum atomic E-state index is 12.6. The molecule has 12 N–H and O–H groups in total. The zero-order valence-electron chi connectivity index (χ0n) is 19.2. The molecule has 34 heavy (non-hydrogen) atoms. The second-order valence-corrected chi connectivity index (χ2v) is 7.66. The van der Waals surface area contributed by atoms with Crippen LogP contribution in [-0.4, -0.2) is 88.3 Å². The van der Waals surface area contributed by atoms with Gasteiger partial charge in [0.1, 0.15) is 18.1 Å². The Kier molecular flexibility index (Phi) is 13.8. The second-order valence-electron chi connectivity index (χ2n) is 7.66. The minimum Gasteiger partial charge on any atom is -0.481 e. The lowest BCUT2D eigenvalue weighted by Gasteiger charge is -2.24. The normalized spacial score (nSPS) is 15.1. The molecule has 0 aliphatic heterocycles. The number of carboxylic acid groups (broad SMARTS) is 2. The number of carboxylic acids is 2. The average Bonchev–Trinajstić information content (AvgIpc) is 2.76. The lowest BCUT2D eigenvalue weighted by molar-refractivity contribution is -0.143. The van der Waals surface area contributed by atoms with Crippen molar-refractivity contribution in [3.05, 3.63) is 0 Å². The maximum absolute atomic E-state index is 12.6. The van der Waals surface area contributed by atoms with Gasteiger partial charge in [-0.2, -0.15) is 0 Å². The molecule has 0 aromatic carbocycles. The van der Waals surface area contributed by atoms with Crippen LogP contribution in [0.15, 0.2) is 4.99 Å². The molecule has 194 valence electrons. The topological polar surface area (TPSA) is 273 Å². The third kappa shape index (κ3) is 11.4. The fourth-order valence-corrected chi connectivity index (χ4v) is 2.66. The quantitative estimate of drug-likeness (QED) is 0.0580. The van der Waals surface area contributed by atoms with Gasteiger partial charge in [0.25, 0.3) is 0 Å². The highest BCUT2D eigenvalue weighted by atomic mass is 16.4. The number of carbonyl (C=O) groups is 5. The number of nitrogens with one attached hydrogen (secondary N) is 3. The van der Waals surface area contributed by atoms with Crippen molar-refractivity contribution in [1.29, 1.82) is 0 Å². The molecule has 0 heterocycles. The third-order valence-electron chi connectivity index (χ3n) is 4.95. The van der Waals surface area contributed by atoms with E-state index in [0.29, 0.717) is 6.42 Å². The van der Waals surface area contributed by atoms with Gasteiger partial charge in [-0.1, -0.05) is 20.3 Å². The number of guanidine groups is 1. The summed E-state index contributed by atoms with van der Waals surface area (Å²) in [6.07, 6.45) is -0.0788. The van der Waals surface area contributed by atoms with E-state index in [1.54, 1.807) is 13.8 Å². The summed E-state index contributed by atoms with van der Waals surface area (Å²) in [6.45, 7) is 2.71. The Balaban J connectivity index is 5.24. The number of hydrogen-bond donors (Lipinski definition) is 9. The number of nitrogens with zero attached hydrogens (tertiary/aromatic N) is 1. The number of hydrogen-bond acceptors (Lipinski definition) is 8. The van der Waals surface area contributed by atoms with Crippen LogP contribution >= 0.6 is 0 Å². The first-order valence-corrected chi connectivity index (χ1v) is 10.6. The molecule has 0 aromatic rings. The molecule has 0 spiro atoms. The predicted molar refractivity (Wildman–Crippen MR) is 120 cm³/mol. The molecule has 0 rings (SSSR count). The molecule has 0 saturated carbocycles. The molecule has 0 radical (unpaired) electrons. The van der Waals surface area contributed by atoms with Gasteiger partial charge < -0.3 is 48.5 Å². The van der Waals surface area contributed by atoms with Crippen LogP contribution < -0.4 is 33.2 Å². The number of aliphatic hydroxyl groups is 1. The van der Waals surface area contributed by atoms with Crippen LogP contribution in [0.1, 0.15) is 39.5 Å². The van der Waals surface area contributed by atoms with Gasteiger partial charge >= 0.3 is 11.9 Å². The molecule has 0 fully saturated rings. The van der Waals surface area contributed by atoms with E-state index in [4.69, 9.17) is 22.3 Å². The summed E-state index contributed by atoms with van der Waals surface area (Å²) < 4.78 is 0. The van der Waals surface area contributed by atoms with Crippen molar-refractivity contribution in [3.63, 3.8) is 0 Å². The maximum Gasteiger partial charge on any atom is 0.326 e. The van der Waals surface area contributed by atoms with Gasteiger partial charge in [-0.25, -0.2) is 4.79 Å². The minimum absolute atomic E-state index is 0.0465. The number of amides is 3. The molecular formula is C19H35N7O8. The fraction of sp³-hybridized carbons (Fsp3) is 0.684. The second kappa shape index (κ2) is 15.4. The molecule has 15 heteroatoms. The molecule has 15 nitrogen and oxygen atoms in total. The summed E-state index contributed by atoms with van der Waals surface area (Å²) in [7, 11) is 0. The van der Waals surface area contributed by atoms with Crippen LogP contribution in [0.2, 0.25) is 0 Å². The van der Waals surface area contributed by atoms with E-state index in [1.165, 1.54) is 0 Å². The zero-order chi connectivity index (χ0) is 26.4. The third-order valence-corrected chi connectivity index (χ3v) is 4.95. The lowest BCUT2D eigenvalue weighted by Crippen LogP contribution is -2.58. The van der Waals surface area contributed by atoms with Gasteiger partial charge in [-0.3, -0.25) is 24.2 Å². The molecule has 3 amide bonds. The summed E-state index contributed by atoms with van der Waals surface area (Å²) >= 11 is 0. The molecule has 5 atom stereocenters. The Labute approximate surface area is 196 Å². The molecule has 0 aliphatic carbocycles. The van der Waals surface area contributed by atoms with Crippen molar-refractivity contribution < 1.29 is 39.3 Å². The first-order valence-electron chi connectivity index (χ1n) is 10.6. The van der Waals surface area contributed by atoms with Gasteiger partial charge in [0.05, 0.1) is 19.1 Å². The first kappa shape index (κ1) is 30.5. The van der Waals surface area contributed by atoms with Crippen molar-refractivity contribution in [2.24, 2.45) is 28.1 Å². The largest absolute Gasteiger partial charge is 0.481 e. The highest BCUT2D eigenvalue weighted by Gasteiger charge is 2.31. The molecule has 0 aromatic heterocycles. The van der Waals surface area contributed by atoms with Gasteiger partial charge in [-0.05, 0) is 18.8 Å². The number of aliphatic carboxylic acids is 2. The number of nitrogens with two attached hydrogens (primary N) is 3. The Morgan fingerprint density at radius 1 is 0.912 bits per heavy atom. The monoisotopic (exact) mass is 489 g/mol. The Hall–Kier alpha value is -3.46. The Morgan fingerprint density at radius 3 is 1.91 bits per heavy atom. The number of aliphatic imine (C=N–C) groups is 1. The number of rotatable bonds is 16. The zero-order valence-corrected chi connectivity index (χ0v) is 19.2. The summed E-state index contributed by atoms with van der Waals surface area (Å²) in [5, 5.41) is 34.4. The minimum atomic E-state index is -1.61. The van der Waals surface area contributed by atoms with Crippen molar-refractivity contribution in [1.82, 2.24) is 16.0 Å². The predicted octanol–water partition coefficient (Wildman–Crippen LogP) is -3.58. The van der Waals surface area contributed by atoms with E-state index in [0.717, 1.165) is 0 Å². The van der Waals surface area contributed by atoms with Crippen LogP contribution in [-0.2, 0) is 24.0 Å². The molecular weight excluding hydrogens is 454 g/mol. The van der Waals surface area contributed by atoms with Crippen LogP contribution in [0.4, 0.5) is 0 Å². The first-order chi connectivity index (χ1) is 15.8. The highest BCUT2D eigenvalue weighted by Crippen LogP contribution is 2.06. The Bertz CT molecular complexity index is 757. The van der Waals surface area contributed by atoms with E-state index < -0.39 is 66.9 Å². The molecule has 0 aliphatic rings. The summed E-state index contributed by atoms with van der Waals surface area (Å²) in [5.41, 5.74) is 16.2. The van der Waals surface area contributed by atoms with E-state index in [1.807, 2.05) is 0 Å². The summed E-state index contributed by atoms with van der Waals surface area (Å²) in [5.74, 6) is -6.04. The lowest BCUT2D eigenvalue weighted by atomic mass is 9.99. The molecule has 0 saturated heterocycles. The van der Waals surface area contributed by atoms with Gasteiger partial charge in [0.15, 0.2) is 5.96 Å². The van der Waals surface area contributed by atoms with Gasteiger partial charge in [-0.15, -0.1) is 0 Å². The highest BCUT2D eigenvalue weighted by molar-refractivity contribution is 5.95.